The van der Waals surface area contributed by atoms with E-state index in [0.717, 1.165) is 23.7 Å². The number of nitrogens with one attached hydrogen (secondary N) is 1. The summed E-state index contributed by atoms with van der Waals surface area (Å²) in [4.78, 5) is 13.4. The van der Waals surface area contributed by atoms with Crippen LogP contribution in [0.15, 0.2) is 24.3 Å². The second kappa shape index (κ2) is 4.74. The van der Waals surface area contributed by atoms with Gasteiger partial charge in [-0.3, -0.25) is 4.79 Å². The first-order valence-corrected chi connectivity index (χ1v) is 5.86. The average molecular weight is 239 g/mol. The Hall–Kier alpha value is -1.22. The number of amides is 1. The first-order valence-electron chi connectivity index (χ1n) is 5.48. The van der Waals surface area contributed by atoms with Crippen LogP contribution in [-0.2, 0) is 4.79 Å². The van der Waals surface area contributed by atoms with Crippen LogP contribution in [0.25, 0.3) is 0 Å². The lowest BCUT2D eigenvalue weighted by atomic mass is 10.3. The van der Waals surface area contributed by atoms with Crippen molar-refractivity contribution in [2.24, 2.45) is 0 Å². The summed E-state index contributed by atoms with van der Waals surface area (Å²) in [6.45, 7) is 2.85. The number of nitrogens with zero attached hydrogens (tertiary/aromatic N) is 1. The molecule has 1 aromatic rings. The van der Waals surface area contributed by atoms with E-state index < -0.39 is 0 Å². The molecule has 1 aromatic carbocycles. The fraction of sp³-hybridized carbons (Fsp3) is 0.417. The zero-order chi connectivity index (χ0) is 11.5. The summed E-state index contributed by atoms with van der Waals surface area (Å²) >= 11 is 5.81. The summed E-state index contributed by atoms with van der Waals surface area (Å²) in [5, 5.41) is 4.01. The number of hydrogen-bond donors (Lipinski definition) is 1. The van der Waals surface area contributed by atoms with Crippen LogP contribution in [0.4, 0.5) is 5.69 Å². The molecule has 0 spiro atoms. The van der Waals surface area contributed by atoms with Crippen molar-refractivity contribution < 1.29 is 4.79 Å². The molecule has 0 aliphatic carbocycles. The predicted octanol–water partition coefficient (Wildman–Crippen LogP) is 2.72. The zero-order valence-electron chi connectivity index (χ0n) is 9.24. The third-order valence-corrected chi connectivity index (χ3v) is 3.05. The molecule has 2 rings (SSSR count). The number of likely N-dealkylation sites (tertiary alicyclic amines) is 1. The van der Waals surface area contributed by atoms with E-state index in [1.165, 1.54) is 0 Å². The van der Waals surface area contributed by atoms with Crippen molar-refractivity contribution in [3.05, 3.63) is 29.3 Å². The van der Waals surface area contributed by atoms with Crippen molar-refractivity contribution in [3.8, 4) is 0 Å². The fourth-order valence-electron chi connectivity index (χ4n) is 1.94. The van der Waals surface area contributed by atoms with Gasteiger partial charge in [0.1, 0.15) is 0 Å². The minimum absolute atomic E-state index is 0.0381. The van der Waals surface area contributed by atoms with E-state index in [2.05, 4.69) is 5.32 Å². The highest BCUT2D eigenvalue weighted by Crippen LogP contribution is 2.18. The first kappa shape index (κ1) is 11.3. The Kier molecular flexibility index (Phi) is 3.34. The highest BCUT2D eigenvalue weighted by molar-refractivity contribution is 6.30. The van der Waals surface area contributed by atoms with Gasteiger partial charge in [0, 0.05) is 23.7 Å². The number of carbonyl (C=O) groups is 1. The summed E-state index contributed by atoms with van der Waals surface area (Å²) in [5.74, 6) is 0.231. The third kappa shape index (κ3) is 2.47. The minimum Gasteiger partial charge on any atom is -0.365 e. The second-order valence-electron chi connectivity index (χ2n) is 4.02. The molecular formula is C12H15ClN2O. The quantitative estimate of drug-likeness (QED) is 0.878. The Morgan fingerprint density at radius 2 is 2.06 bits per heavy atom. The van der Waals surface area contributed by atoms with Crippen LogP contribution < -0.4 is 5.32 Å². The fourth-order valence-corrected chi connectivity index (χ4v) is 2.07. The summed E-state index contributed by atoms with van der Waals surface area (Å²) in [5.41, 5.74) is 0.983. The molecular weight excluding hydrogens is 224 g/mol. The van der Waals surface area contributed by atoms with E-state index in [1.54, 1.807) is 0 Å². The maximum absolute atomic E-state index is 11.5. The van der Waals surface area contributed by atoms with E-state index >= 15 is 0 Å². The van der Waals surface area contributed by atoms with Crippen molar-refractivity contribution in [2.75, 3.05) is 11.9 Å². The van der Waals surface area contributed by atoms with Crippen LogP contribution in [0.2, 0.25) is 5.02 Å². The van der Waals surface area contributed by atoms with Gasteiger partial charge < -0.3 is 10.2 Å². The van der Waals surface area contributed by atoms with Crippen molar-refractivity contribution in [1.29, 1.82) is 0 Å². The molecule has 86 valence electrons. The van der Waals surface area contributed by atoms with Crippen LogP contribution >= 0.6 is 11.6 Å². The molecule has 3 nitrogen and oxygen atoms in total. The van der Waals surface area contributed by atoms with E-state index in [0.29, 0.717) is 6.42 Å². The smallest absolute Gasteiger partial charge is 0.224 e. The molecule has 0 saturated carbocycles. The van der Waals surface area contributed by atoms with Crippen LogP contribution in [-0.4, -0.2) is 23.5 Å². The molecule has 16 heavy (non-hydrogen) atoms. The van der Waals surface area contributed by atoms with Gasteiger partial charge in [0.05, 0.1) is 6.17 Å². The molecule has 1 amide bonds. The number of hydrogen-bond acceptors (Lipinski definition) is 2. The normalized spacial score (nSPS) is 17.6. The van der Waals surface area contributed by atoms with E-state index in [4.69, 9.17) is 11.6 Å². The Morgan fingerprint density at radius 3 is 2.62 bits per heavy atom. The van der Waals surface area contributed by atoms with Crippen molar-refractivity contribution in [3.63, 3.8) is 0 Å². The molecule has 4 heteroatoms. The van der Waals surface area contributed by atoms with Gasteiger partial charge in [-0.2, -0.15) is 0 Å². The minimum atomic E-state index is 0.0381. The van der Waals surface area contributed by atoms with E-state index in [-0.39, 0.29) is 12.1 Å². The van der Waals surface area contributed by atoms with Crippen LogP contribution in [0.3, 0.4) is 0 Å². The van der Waals surface area contributed by atoms with Crippen molar-refractivity contribution in [2.45, 2.75) is 25.9 Å². The Balaban J connectivity index is 1.98. The molecule has 1 heterocycles. The highest BCUT2D eigenvalue weighted by Gasteiger charge is 2.24. The lowest BCUT2D eigenvalue weighted by Gasteiger charge is -2.26. The molecule has 0 aromatic heterocycles. The summed E-state index contributed by atoms with van der Waals surface area (Å²) in [6.07, 6.45) is 1.68. The molecule has 0 bridgehead atoms. The van der Waals surface area contributed by atoms with E-state index in [9.17, 15) is 4.79 Å². The lowest BCUT2D eigenvalue weighted by molar-refractivity contribution is -0.128. The van der Waals surface area contributed by atoms with Crippen molar-refractivity contribution in [1.82, 2.24) is 4.90 Å². The molecule has 1 atom stereocenters. The Bertz CT molecular complexity index is 377. The number of rotatable bonds is 3. The van der Waals surface area contributed by atoms with Gasteiger partial charge in [-0.15, -0.1) is 0 Å². The topological polar surface area (TPSA) is 32.3 Å². The summed E-state index contributed by atoms with van der Waals surface area (Å²) in [6, 6.07) is 7.50. The number of carbonyl (C=O) groups excluding carboxylic acids is 1. The molecule has 1 N–H and O–H groups in total. The van der Waals surface area contributed by atoms with Gasteiger partial charge >= 0.3 is 0 Å². The lowest BCUT2D eigenvalue weighted by Crippen LogP contribution is -2.39. The van der Waals surface area contributed by atoms with Crippen LogP contribution in [0.1, 0.15) is 19.8 Å². The number of benzene rings is 1. The summed E-state index contributed by atoms with van der Waals surface area (Å²) < 4.78 is 0. The highest BCUT2D eigenvalue weighted by atomic mass is 35.5. The van der Waals surface area contributed by atoms with Gasteiger partial charge in [0.15, 0.2) is 0 Å². The molecule has 1 saturated heterocycles. The zero-order valence-corrected chi connectivity index (χ0v) is 10.00. The molecule has 1 fully saturated rings. The van der Waals surface area contributed by atoms with Gasteiger partial charge in [-0.05, 0) is 37.6 Å². The maximum Gasteiger partial charge on any atom is 0.224 e. The van der Waals surface area contributed by atoms with Crippen molar-refractivity contribution >= 4 is 23.2 Å². The standard InChI is InChI=1S/C12H15ClN2O/c1-9(15-8-2-3-12(15)16)14-11-6-4-10(13)5-7-11/h4-7,9,14H,2-3,8H2,1H3/t9-/m0/s1. The average Bonchev–Trinajstić information content (AvgIpc) is 2.68. The van der Waals surface area contributed by atoms with E-state index in [1.807, 2.05) is 36.1 Å². The molecule has 1 aliphatic heterocycles. The Morgan fingerprint density at radius 1 is 1.38 bits per heavy atom. The summed E-state index contributed by atoms with van der Waals surface area (Å²) in [7, 11) is 0. The van der Waals surface area contributed by atoms with Gasteiger partial charge in [0.2, 0.25) is 5.91 Å². The van der Waals surface area contributed by atoms with Crippen LogP contribution in [0.5, 0.6) is 0 Å². The largest absolute Gasteiger partial charge is 0.365 e. The number of halogens is 1. The monoisotopic (exact) mass is 238 g/mol. The molecule has 1 aliphatic rings. The SMILES string of the molecule is C[C@@H](Nc1ccc(Cl)cc1)N1CCCC1=O. The molecule has 0 radical (unpaired) electrons. The molecule has 0 unspecified atom stereocenters. The Labute approximate surface area is 100 Å². The van der Waals surface area contributed by atoms with Gasteiger partial charge in [-0.1, -0.05) is 11.6 Å². The van der Waals surface area contributed by atoms with Crippen LogP contribution in [0, 0.1) is 0 Å². The first-order chi connectivity index (χ1) is 7.66. The second-order valence-corrected chi connectivity index (χ2v) is 4.45. The number of anilines is 1. The predicted molar refractivity (Wildman–Crippen MR) is 65.5 cm³/mol. The van der Waals surface area contributed by atoms with Gasteiger partial charge in [-0.25, -0.2) is 0 Å². The maximum atomic E-state index is 11.5. The third-order valence-electron chi connectivity index (χ3n) is 2.80. The van der Waals surface area contributed by atoms with Gasteiger partial charge in [0.25, 0.3) is 0 Å².